The summed E-state index contributed by atoms with van der Waals surface area (Å²) in [5.74, 6) is -0.900. The van der Waals surface area contributed by atoms with Crippen molar-refractivity contribution in [1.82, 2.24) is 0 Å². The lowest BCUT2D eigenvalue weighted by Gasteiger charge is -2.18. The van der Waals surface area contributed by atoms with Crippen LogP contribution in [0.25, 0.3) is 0 Å². The maximum Gasteiger partial charge on any atom is 0.306 e. The molecule has 0 saturated carbocycles. The molecular weight excluding hydrogens is 532 g/mol. The van der Waals surface area contributed by atoms with Gasteiger partial charge in [0.25, 0.3) is 0 Å². The second kappa shape index (κ2) is 34.4. The van der Waals surface area contributed by atoms with Gasteiger partial charge in [-0.15, -0.1) is 0 Å². The standard InChI is InChI=1S/C39H68O4/c1-3-5-7-9-11-13-15-16-17-18-19-20-21-22-23-25-27-29-31-36-39(42)43-37(34-32-35-38(40)41)33-30-28-26-24-14-12-10-8-6-4-2/h11,13,16-17,19-20,22-23,37H,3-10,12,14-15,18,21,24-36H2,1-2H3,(H,40,41)/b13-11-,17-16-,20-19-,23-22-. The quantitative estimate of drug-likeness (QED) is 0.0474. The normalized spacial score (nSPS) is 12.8. The van der Waals surface area contributed by atoms with Crippen molar-refractivity contribution in [3.8, 4) is 0 Å². The minimum atomic E-state index is -0.779. The van der Waals surface area contributed by atoms with Gasteiger partial charge in [0.05, 0.1) is 0 Å². The summed E-state index contributed by atoms with van der Waals surface area (Å²) in [4.78, 5) is 23.4. The molecule has 0 spiro atoms. The third kappa shape index (κ3) is 34.3. The van der Waals surface area contributed by atoms with E-state index in [1.54, 1.807) is 0 Å². The summed E-state index contributed by atoms with van der Waals surface area (Å²) in [6, 6.07) is 0. The number of carbonyl (C=O) groups excluding carboxylic acids is 1. The van der Waals surface area contributed by atoms with Crippen molar-refractivity contribution in [2.75, 3.05) is 0 Å². The lowest BCUT2D eigenvalue weighted by molar-refractivity contribution is -0.150. The molecule has 0 aromatic carbocycles. The molecule has 0 aliphatic heterocycles. The monoisotopic (exact) mass is 601 g/mol. The molecule has 4 nitrogen and oxygen atoms in total. The van der Waals surface area contributed by atoms with Crippen LogP contribution in [0, 0.1) is 0 Å². The highest BCUT2D eigenvalue weighted by Crippen LogP contribution is 2.17. The summed E-state index contributed by atoms with van der Waals surface area (Å²) >= 11 is 0. The van der Waals surface area contributed by atoms with Gasteiger partial charge in [-0.2, -0.15) is 0 Å². The van der Waals surface area contributed by atoms with Gasteiger partial charge >= 0.3 is 11.9 Å². The molecule has 1 unspecified atom stereocenters. The SMILES string of the molecule is CCCCC/C=C\C/C=C\C/C=C\C/C=C\CCCCCC(=O)OC(CCCCCCCCCCCC)CCCC(=O)O. The highest BCUT2D eigenvalue weighted by atomic mass is 16.5. The number of carbonyl (C=O) groups is 2. The van der Waals surface area contributed by atoms with Crippen molar-refractivity contribution < 1.29 is 19.4 Å². The first kappa shape index (κ1) is 40.9. The highest BCUT2D eigenvalue weighted by Gasteiger charge is 2.15. The molecule has 0 bridgehead atoms. The smallest absolute Gasteiger partial charge is 0.306 e. The molecule has 0 fully saturated rings. The Labute approximate surface area is 266 Å². The summed E-state index contributed by atoms with van der Waals surface area (Å²) in [5.41, 5.74) is 0. The summed E-state index contributed by atoms with van der Waals surface area (Å²) in [7, 11) is 0. The lowest BCUT2D eigenvalue weighted by Crippen LogP contribution is -2.18. The Morgan fingerprint density at radius 1 is 0.512 bits per heavy atom. The maximum atomic E-state index is 12.4. The van der Waals surface area contributed by atoms with Crippen molar-refractivity contribution in [1.29, 1.82) is 0 Å². The maximum absolute atomic E-state index is 12.4. The lowest BCUT2D eigenvalue weighted by atomic mass is 10.0. The van der Waals surface area contributed by atoms with Crippen LogP contribution in [-0.2, 0) is 14.3 Å². The predicted molar refractivity (Wildman–Crippen MR) is 185 cm³/mol. The minimum absolute atomic E-state index is 0.120. The molecule has 0 aromatic rings. The number of carboxylic acids is 1. The summed E-state index contributed by atoms with van der Waals surface area (Å²) in [6.45, 7) is 4.49. The van der Waals surface area contributed by atoms with Gasteiger partial charge in [0.2, 0.25) is 0 Å². The number of hydrogen-bond donors (Lipinski definition) is 1. The van der Waals surface area contributed by atoms with Crippen molar-refractivity contribution >= 4 is 11.9 Å². The molecule has 0 heterocycles. The van der Waals surface area contributed by atoms with E-state index in [2.05, 4.69) is 62.5 Å². The van der Waals surface area contributed by atoms with E-state index in [0.717, 1.165) is 57.8 Å². The molecule has 0 amide bonds. The molecule has 0 aromatic heterocycles. The molecular formula is C39H68O4. The molecule has 0 rings (SSSR count). The third-order valence-corrected chi connectivity index (χ3v) is 7.80. The Hall–Kier alpha value is -2.10. The Morgan fingerprint density at radius 2 is 0.930 bits per heavy atom. The van der Waals surface area contributed by atoms with Crippen molar-refractivity contribution in [3.63, 3.8) is 0 Å². The fourth-order valence-corrected chi connectivity index (χ4v) is 5.12. The summed E-state index contributed by atoms with van der Waals surface area (Å²) < 4.78 is 5.79. The van der Waals surface area contributed by atoms with E-state index in [4.69, 9.17) is 9.84 Å². The van der Waals surface area contributed by atoms with Crippen molar-refractivity contribution in [2.24, 2.45) is 0 Å². The first-order chi connectivity index (χ1) is 21.1. The van der Waals surface area contributed by atoms with E-state index in [-0.39, 0.29) is 18.5 Å². The van der Waals surface area contributed by atoms with Crippen LogP contribution in [-0.4, -0.2) is 23.1 Å². The van der Waals surface area contributed by atoms with Crippen molar-refractivity contribution in [2.45, 2.75) is 187 Å². The zero-order chi connectivity index (χ0) is 31.5. The number of unbranched alkanes of at least 4 members (excludes halogenated alkanes) is 15. The second-order valence-electron chi connectivity index (χ2n) is 12.1. The Kier molecular flexibility index (Phi) is 32.7. The van der Waals surface area contributed by atoms with E-state index in [1.165, 1.54) is 83.5 Å². The van der Waals surface area contributed by atoms with Gasteiger partial charge in [-0.1, -0.05) is 140 Å². The Bertz CT molecular complexity index is 734. The number of aliphatic carboxylic acids is 1. The van der Waals surface area contributed by atoms with Gasteiger partial charge in [-0.25, -0.2) is 0 Å². The van der Waals surface area contributed by atoms with Crippen LogP contribution in [0.2, 0.25) is 0 Å². The minimum Gasteiger partial charge on any atom is -0.481 e. The van der Waals surface area contributed by atoms with Crippen LogP contribution in [0.15, 0.2) is 48.6 Å². The van der Waals surface area contributed by atoms with E-state index in [0.29, 0.717) is 19.3 Å². The zero-order valence-corrected chi connectivity index (χ0v) is 28.3. The van der Waals surface area contributed by atoms with Crippen molar-refractivity contribution in [3.05, 3.63) is 48.6 Å². The van der Waals surface area contributed by atoms with E-state index < -0.39 is 5.97 Å². The van der Waals surface area contributed by atoms with Gasteiger partial charge in [-0.05, 0) is 77.0 Å². The molecule has 1 N–H and O–H groups in total. The topological polar surface area (TPSA) is 63.6 Å². The number of ether oxygens (including phenoxy) is 1. The van der Waals surface area contributed by atoms with Crippen LogP contribution in [0.3, 0.4) is 0 Å². The fraction of sp³-hybridized carbons (Fsp3) is 0.744. The fourth-order valence-electron chi connectivity index (χ4n) is 5.12. The van der Waals surface area contributed by atoms with Gasteiger partial charge in [-0.3, -0.25) is 9.59 Å². The van der Waals surface area contributed by atoms with Crippen LogP contribution in [0.5, 0.6) is 0 Å². The average molecular weight is 601 g/mol. The van der Waals surface area contributed by atoms with Gasteiger partial charge in [0, 0.05) is 12.8 Å². The molecule has 248 valence electrons. The molecule has 0 aliphatic rings. The largest absolute Gasteiger partial charge is 0.481 e. The van der Waals surface area contributed by atoms with Gasteiger partial charge in [0.1, 0.15) is 6.10 Å². The zero-order valence-electron chi connectivity index (χ0n) is 28.3. The Balaban J connectivity index is 3.91. The third-order valence-electron chi connectivity index (χ3n) is 7.80. The van der Waals surface area contributed by atoms with E-state index in [9.17, 15) is 9.59 Å². The first-order valence-electron chi connectivity index (χ1n) is 18.1. The van der Waals surface area contributed by atoms with Gasteiger partial charge < -0.3 is 9.84 Å². The molecule has 1 atom stereocenters. The molecule has 0 aliphatic carbocycles. The highest BCUT2D eigenvalue weighted by molar-refractivity contribution is 5.69. The number of allylic oxidation sites excluding steroid dienone is 8. The van der Waals surface area contributed by atoms with Crippen LogP contribution >= 0.6 is 0 Å². The van der Waals surface area contributed by atoms with E-state index >= 15 is 0 Å². The molecule has 4 heteroatoms. The average Bonchev–Trinajstić information content (AvgIpc) is 2.99. The number of hydrogen-bond acceptors (Lipinski definition) is 3. The number of esters is 1. The van der Waals surface area contributed by atoms with Crippen LogP contribution < -0.4 is 0 Å². The second-order valence-corrected chi connectivity index (χ2v) is 12.1. The van der Waals surface area contributed by atoms with Crippen LogP contribution in [0.1, 0.15) is 181 Å². The van der Waals surface area contributed by atoms with Gasteiger partial charge in [0.15, 0.2) is 0 Å². The molecule has 43 heavy (non-hydrogen) atoms. The predicted octanol–water partition coefficient (Wildman–Crippen LogP) is 12.4. The molecule has 0 radical (unpaired) electrons. The number of carboxylic acid groups (broad SMARTS) is 1. The summed E-state index contributed by atoms with van der Waals surface area (Å²) in [6.07, 6.45) is 45.4. The number of rotatable bonds is 32. The first-order valence-corrected chi connectivity index (χ1v) is 18.1. The van der Waals surface area contributed by atoms with E-state index in [1.807, 2.05) is 0 Å². The van der Waals surface area contributed by atoms with Crippen LogP contribution in [0.4, 0.5) is 0 Å². The molecule has 0 saturated heterocycles. The Morgan fingerprint density at radius 3 is 1.47 bits per heavy atom. The summed E-state index contributed by atoms with van der Waals surface area (Å²) in [5, 5.41) is 8.98.